The molecule has 288 valence electrons. The van der Waals surface area contributed by atoms with Crippen molar-refractivity contribution in [2.75, 3.05) is 0 Å². The van der Waals surface area contributed by atoms with Gasteiger partial charge in [-0.05, 0) is 77.0 Å². The average molecular weight is 796 g/mol. The predicted molar refractivity (Wildman–Crippen MR) is 215 cm³/mol. The van der Waals surface area contributed by atoms with E-state index in [4.69, 9.17) is 0 Å². The topological polar surface area (TPSA) is 80.3 Å². The molecule has 0 aliphatic heterocycles. The molecule has 49 heavy (non-hydrogen) atoms. The molecular weight excluding hydrogens is 711 g/mol. The molecule has 0 atom stereocenters. The van der Waals surface area contributed by atoms with Crippen LogP contribution in [0.25, 0.3) is 0 Å². The molecule has 0 fully saturated rings. The van der Waals surface area contributed by atoms with Crippen LogP contribution in [0.5, 0.6) is 0 Å². The summed E-state index contributed by atoms with van der Waals surface area (Å²) in [6, 6.07) is 0. The number of allylic oxidation sites excluding steroid dienone is 4. The van der Waals surface area contributed by atoms with Crippen molar-refractivity contribution in [3.8, 4) is 0 Å². The van der Waals surface area contributed by atoms with Gasteiger partial charge in [-0.15, -0.1) is 0 Å². The van der Waals surface area contributed by atoms with Crippen molar-refractivity contribution in [2.45, 2.75) is 233 Å². The van der Waals surface area contributed by atoms with Crippen LogP contribution < -0.4 is 10.2 Å². The van der Waals surface area contributed by atoms with Crippen molar-refractivity contribution in [3.63, 3.8) is 0 Å². The van der Waals surface area contributed by atoms with Gasteiger partial charge in [-0.2, -0.15) is 0 Å². The zero-order chi connectivity index (χ0) is 36.6. The third-order valence-electron chi connectivity index (χ3n) is 7.99. The van der Waals surface area contributed by atoms with E-state index in [0.717, 1.165) is 51.4 Å². The minimum atomic E-state index is -0.914. The zero-order valence-electron chi connectivity index (χ0n) is 33.5. The summed E-state index contributed by atoms with van der Waals surface area (Å²) in [4.78, 5) is 20.4. The number of carbonyl (C=O) groups excluding carboxylic acids is 2. The van der Waals surface area contributed by atoms with Crippen LogP contribution in [0.1, 0.15) is 233 Å². The first kappa shape index (κ1) is 57.6. The molecule has 0 rings (SSSR count). The minimum absolute atomic E-state index is 0. The molecule has 0 unspecified atom stereocenters. The number of carboxylic acids is 2. The van der Waals surface area contributed by atoms with Gasteiger partial charge >= 0.3 is 23.9 Å². The largest absolute Gasteiger partial charge is 2.00 e. The third-order valence-corrected chi connectivity index (χ3v) is 7.99. The van der Waals surface area contributed by atoms with Crippen LogP contribution in [0.15, 0.2) is 24.3 Å². The number of hydrogen-bond acceptors (Lipinski definition) is 4. The summed E-state index contributed by atoms with van der Waals surface area (Å²) < 4.78 is 0. The molecule has 0 heterocycles. The number of unbranched alkanes of at least 4 members (excludes halogenated alkanes) is 24. The number of aliphatic carboxylic acids is 2. The van der Waals surface area contributed by atoms with Crippen molar-refractivity contribution >= 4 is 35.8 Å². The van der Waals surface area contributed by atoms with Crippen LogP contribution in [0.2, 0.25) is 0 Å². The fourth-order valence-electron chi connectivity index (χ4n) is 4.68. The van der Waals surface area contributed by atoms with Crippen molar-refractivity contribution in [2.24, 2.45) is 0 Å². The smallest absolute Gasteiger partial charge is 0.550 e. The number of carbonyl (C=O) groups is 2. The monoisotopic (exact) mass is 797 g/mol. The van der Waals surface area contributed by atoms with Gasteiger partial charge in [0.25, 0.3) is 0 Å². The first-order valence-corrected chi connectivity index (χ1v) is 20.7. The van der Waals surface area contributed by atoms with Crippen LogP contribution in [0.4, 0.5) is 0 Å². The van der Waals surface area contributed by atoms with Crippen molar-refractivity contribution in [3.05, 3.63) is 38.2 Å². The molecule has 4 radical (unpaired) electrons. The summed E-state index contributed by atoms with van der Waals surface area (Å²) in [5, 5.41) is 20.4. The Hall–Kier alpha value is -0.781. The van der Waals surface area contributed by atoms with E-state index < -0.39 is 11.9 Å². The predicted octanol–water partition coefficient (Wildman–Crippen LogP) is 12.4. The third kappa shape index (κ3) is 77.8. The fraction of sp³-hybridized carbons (Fsp3) is 0.818. The molecule has 0 aromatic carbocycles. The maximum absolute atomic E-state index is 10.2. The Labute approximate surface area is 325 Å². The van der Waals surface area contributed by atoms with E-state index in [2.05, 4.69) is 65.8 Å². The van der Waals surface area contributed by atoms with Gasteiger partial charge in [0.1, 0.15) is 0 Å². The summed E-state index contributed by atoms with van der Waals surface area (Å²) in [6.07, 6.45) is 46.4. The Morgan fingerprint density at radius 1 is 0.388 bits per heavy atom. The van der Waals surface area contributed by atoms with Gasteiger partial charge in [-0.1, -0.05) is 194 Å². The molecular formula is C44H84O4Sn. The van der Waals surface area contributed by atoms with E-state index in [1.165, 1.54) is 141 Å². The van der Waals surface area contributed by atoms with Gasteiger partial charge in [0, 0.05) is 11.9 Å². The Balaban J connectivity index is -0.000000212. The van der Waals surface area contributed by atoms with E-state index in [0.29, 0.717) is 0 Å². The van der Waals surface area contributed by atoms with Crippen LogP contribution in [0.3, 0.4) is 0 Å². The molecule has 0 aromatic rings. The average Bonchev–Trinajstić information content (AvgIpc) is 3.08. The van der Waals surface area contributed by atoms with Crippen LogP contribution in [0, 0.1) is 13.8 Å². The Kier molecular flexibility index (Phi) is 69.7. The molecule has 0 bridgehead atoms. The normalized spacial score (nSPS) is 10.4. The van der Waals surface area contributed by atoms with Crippen LogP contribution >= 0.6 is 0 Å². The molecule has 0 N–H and O–H groups in total. The Bertz CT molecular complexity index is 574. The molecule has 0 aromatic heterocycles. The van der Waals surface area contributed by atoms with E-state index in [9.17, 15) is 19.8 Å². The fourth-order valence-corrected chi connectivity index (χ4v) is 4.68. The summed E-state index contributed by atoms with van der Waals surface area (Å²) in [7, 11) is 0. The van der Waals surface area contributed by atoms with E-state index in [1.807, 2.05) is 0 Å². The van der Waals surface area contributed by atoms with Crippen molar-refractivity contribution < 1.29 is 19.8 Å². The quantitative estimate of drug-likeness (QED) is 0.0386. The molecule has 4 nitrogen and oxygen atoms in total. The zero-order valence-corrected chi connectivity index (χ0v) is 36.3. The number of rotatable bonds is 32. The second-order valence-corrected chi connectivity index (χ2v) is 13.1. The maximum Gasteiger partial charge on any atom is 2.00 e. The second-order valence-electron chi connectivity index (χ2n) is 13.1. The number of hydrogen-bond donors (Lipinski definition) is 0. The molecule has 5 heteroatoms. The van der Waals surface area contributed by atoms with E-state index >= 15 is 0 Å². The van der Waals surface area contributed by atoms with Crippen LogP contribution in [-0.4, -0.2) is 35.8 Å². The Morgan fingerprint density at radius 3 is 0.796 bits per heavy atom. The molecule has 0 spiro atoms. The van der Waals surface area contributed by atoms with Gasteiger partial charge in [-0.3, -0.25) is 0 Å². The van der Waals surface area contributed by atoms with E-state index in [-0.39, 0.29) is 36.7 Å². The molecule has 0 saturated carbocycles. The minimum Gasteiger partial charge on any atom is -0.550 e. The molecule has 0 amide bonds. The van der Waals surface area contributed by atoms with Crippen LogP contribution in [-0.2, 0) is 9.59 Å². The van der Waals surface area contributed by atoms with E-state index in [1.54, 1.807) is 0 Å². The van der Waals surface area contributed by atoms with Gasteiger partial charge < -0.3 is 19.8 Å². The first-order valence-electron chi connectivity index (χ1n) is 20.7. The van der Waals surface area contributed by atoms with Crippen molar-refractivity contribution in [1.29, 1.82) is 0 Å². The number of carboxylic acid groups (broad SMARTS) is 2. The summed E-state index contributed by atoms with van der Waals surface area (Å²) in [5.74, 6) is -1.83. The first-order chi connectivity index (χ1) is 23.4. The molecule has 0 aliphatic rings. The van der Waals surface area contributed by atoms with Gasteiger partial charge in [0.2, 0.25) is 0 Å². The standard InChI is InChI=1S/2C18H34O2.2C4H9.Sn/c2*1-2-3-4-5-6-7-8-9-10-11-12-13-14-15-16-17-18(19)20;2*1-3-4-2;/h2*9-10H,2-8,11-17H2,1H3,(H,19,20);2*1,3-4H2,2H3;/q;;;;+2/p-2/b2*10-9-;;;. The molecule has 0 aliphatic carbocycles. The molecule has 0 saturated heterocycles. The maximum atomic E-state index is 10.2. The second kappa shape index (κ2) is 59.4. The Morgan fingerprint density at radius 2 is 0.592 bits per heavy atom. The summed E-state index contributed by atoms with van der Waals surface area (Å²) >= 11 is 0. The SMILES string of the molecule is CCCCCCCC/C=C\CCCCCCCC(=O)[O-].CCCCCCCC/C=C\CCCCCCCC(=O)[O-].[CH2]CCC.[CH2]CCC.[Sn+2]. The van der Waals surface area contributed by atoms with Gasteiger partial charge in [-0.25, -0.2) is 0 Å². The van der Waals surface area contributed by atoms with Gasteiger partial charge in [0.15, 0.2) is 0 Å². The van der Waals surface area contributed by atoms with Gasteiger partial charge in [0.05, 0.1) is 0 Å². The van der Waals surface area contributed by atoms with Crippen molar-refractivity contribution in [1.82, 2.24) is 0 Å². The summed E-state index contributed by atoms with van der Waals surface area (Å²) in [5.41, 5.74) is 0. The summed E-state index contributed by atoms with van der Waals surface area (Å²) in [6.45, 7) is 16.0.